The van der Waals surface area contributed by atoms with Crippen molar-refractivity contribution < 1.29 is 13.2 Å². The van der Waals surface area contributed by atoms with Crippen LogP contribution in [0, 0.1) is 5.92 Å². The Hall–Kier alpha value is -1.53. The minimum atomic E-state index is -4.59. The lowest BCUT2D eigenvalue weighted by molar-refractivity contribution is -0.144. The van der Waals surface area contributed by atoms with Crippen molar-refractivity contribution in [3.8, 4) is 0 Å². The molecule has 0 saturated carbocycles. The zero-order valence-corrected chi connectivity index (χ0v) is 11.5. The minimum absolute atomic E-state index is 0.0257. The van der Waals surface area contributed by atoms with Gasteiger partial charge in [0.25, 0.3) is 0 Å². The maximum atomic E-state index is 12.7. The van der Waals surface area contributed by atoms with E-state index < -0.39 is 12.0 Å². The summed E-state index contributed by atoms with van der Waals surface area (Å²) in [7, 11) is 0. The maximum Gasteiger partial charge on any atom is 0.451 e. The van der Waals surface area contributed by atoms with Crippen LogP contribution in [0.2, 0.25) is 0 Å². The summed E-state index contributed by atoms with van der Waals surface area (Å²) in [6.45, 7) is 8.38. The quantitative estimate of drug-likeness (QED) is 0.918. The highest BCUT2D eigenvalue weighted by Crippen LogP contribution is 2.29. The van der Waals surface area contributed by atoms with Gasteiger partial charge in [0.1, 0.15) is 11.6 Å². The number of nitrogen functional groups attached to an aromatic ring is 1. The molecule has 19 heavy (non-hydrogen) atoms. The molecule has 0 atom stereocenters. The molecule has 108 valence electrons. The summed E-state index contributed by atoms with van der Waals surface area (Å²) in [5, 5.41) is 0. The molecule has 0 saturated heterocycles. The number of rotatable bonds is 4. The average Bonchev–Trinajstić information content (AvgIpc) is 2.23. The lowest BCUT2D eigenvalue weighted by Crippen LogP contribution is -2.35. The van der Waals surface area contributed by atoms with Crippen LogP contribution in [0.4, 0.5) is 24.8 Å². The van der Waals surface area contributed by atoms with E-state index in [1.807, 2.05) is 27.7 Å². The third kappa shape index (κ3) is 4.25. The van der Waals surface area contributed by atoms with Gasteiger partial charge in [-0.15, -0.1) is 0 Å². The third-order valence-electron chi connectivity index (χ3n) is 2.47. The van der Waals surface area contributed by atoms with E-state index in [4.69, 9.17) is 5.73 Å². The molecule has 0 fully saturated rings. The largest absolute Gasteiger partial charge is 0.451 e. The van der Waals surface area contributed by atoms with Gasteiger partial charge in [0.15, 0.2) is 0 Å². The first-order chi connectivity index (χ1) is 8.61. The fraction of sp³-hybridized carbons (Fsp3) is 0.667. The molecule has 0 aliphatic rings. The monoisotopic (exact) mass is 276 g/mol. The number of halogens is 3. The van der Waals surface area contributed by atoms with Crippen LogP contribution in [-0.2, 0) is 6.18 Å². The van der Waals surface area contributed by atoms with Crippen molar-refractivity contribution in [2.45, 2.75) is 39.9 Å². The molecule has 0 bridgehead atoms. The second-order valence-electron chi connectivity index (χ2n) is 5.11. The van der Waals surface area contributed by atoms with Crippen molar-refractivity contribution in [2.24, 2.45) is 5.92 Å². The molecule has 2 N–H and O–H groups in total. The molecule has 0 unspecified atom stereocenters. The third-order valence-corrected chi connectivity index (χ3v) is 2.47. The second-order valence-corrected chi connectivity index (χ2v) is 5.11. The van der Waals surface area contributed by atoms with E-state index in [1.54, 1.807) is 4.90 Å². The van der Waals surface area contributed by atoms with Crippen LogP contribution in [0.5, 0.6) is 0 Å². The Morgan fingerprint density at radius 1 is 1.21 bits per heavy atom. The van der Waals surface area contributed by atoms with Crippen molar-refractivity contribution in [3.05, 3.63) is 11.9 Å². The summed E-state index contributed by atoms with van der Waals surface area (Å²) in [5.41, 5.74) is 5.45. The van der Waals surface area contributed by atoms with Crippen LogP contribution in [0.15, 0.2) is 6.07 Å². The highest BCUT2D eigenvalue weighted by atomic mass is 19.4. The highest BCUT2D eigenvalue weighted by molar-refractivity contribution is 5.48. The van der Waals surface area contributed by atoms with Gasteiger partial charge in [-0.25, -0.2) is 9.97 Å². The van der Waals surface area contributed by atoms with Crippen LogP contribution >= 0.6 is 0 Å². The summed E-state index contributed by atoms with van der Waals surface area (Å²) in [5.74, 6) is -0.861. The molecular formula is C12H19F3N4. The molecule has 7 heteroatoms. The summed E-state index contributed by atoms with van der Waals surface area (Å²) in [4.78, 5) is 8.62. The van der Waals surface area contributed by atoms with Gasteiger partial charge < -0.3 is 10.6 Å². The molecule has 1 aromatic rings. The van der Waals surface area contributed by atoms with Crippen LogP contribution in [-0.4, -0.2) is 22.6 Å². The van der Waals surface area contributed by atoms with Crippen molar-refractivity contribution >= 4 is 11.6 Å². The smallest absolute Gasteiger partial charge is 0.384 e. The Labute approximate surface area is 110 Å². The SMILES string of the molecule is CC(C)CN(c1cc(N)nc(C(F)(F)F)n1)C(C)C. The van der Waals surface area contributed by atoms with Crippen LogP contribution in [0.1, 0.15) is 33.5 Å². The predicted octanol–water partition coefficient (Wildman–Crippen LogP) is 2.95. The minimum Gasteiger partial charge on any atom is -0.384 e. The molecule has 0 spiro atoms. The number of alkyl halides is 3. The summed E-state index contributed by atoms with van der Waals surface area (Å²) >= 11 is 0. The predicted molar refractivity (Wildman–Crippen MR) is 68.8 cm³/mol. The van der Waals surface area contributed by atoms with Gasteiger partial charge in [0.2, 0.25) is 5.82 Å². The van der Waals surface area contributed by atoms with Crippen molar-refractivity contribution in [1.29, 1.82) is 0 Å². The van der Waals surface area contributed by atoms with Gasteiger partial charge >= 0.3 is 6.18 Å². The van der Waals surface area contributed by atoms with E-state index in [0.29, 0.717) is 12.5 Å². The molecule has 0 aromatic carbocycles. The van der Waals surface area contributed by atoms with Crippen LogP contribution in [0.25, 0.3) is 0 Å². The normalized spacial score (nSPS) is 12.3. The summed E-state index contributed by atoms with van der Waals surface area (Å²) < 4.78 is 38.0. The Morgan fingerprint density at radius 2 is 1.79 bits per heavy atom. The number of hydrogen-bond donors (Lipinski definition) is 1. The Bertz CT molecular complexity index is 429. The van der Waals surface area contributed by atoms with Crippen molar-refractivity contribution in [3.63, 3.8) is 0 Å². The van der Waals surface area contributed by atoms with Crippen LogP contribution in [0.3, 0.4) is 0 Å². The Kier molecular flexibility index (Phi) is 4.60. The molecule has 0 radical (unpaired) electrons. The summed E-state index contributed by atoms with van der Waals surface area (Å²) in [6.07, 6.45) is -4.59. The molecule has 4 nitrogen and oxygen atoms in total. The average molecular weight is 276 g/mol. The molecular weight excluding hydrogens is 257 g/mol. The number of anilines is 2. The van der Waals surface area contributed by atoms with Gasteiger partial charge in [-0.3, -0.25) is 0 Å². The van der Waals surface area contributed by atoms with Gasteiger partial charge in [-0.2, -0.15) is 13.2 Å². The second kappa shape index (κ2) is 5.63. The Morgan fingerprint density at radius 3 is 2.21 bits per heavy atom. The Balaban J connectivity index is 3.20. The molecule has 1 heterocycles. The lowest BCUT2D eigenvalue weighted by Gasteiger charge is -2.30. The fourth-order valence-electron chi connectivity index (χ4n) is 1.69. The lowest BCUT2D eigenvalue weighted by atomic mass is 10.2. The van der Waals surface area contributed by atoms with E-state index in [0.717, 1.165) is 0 Å². The molecule has 1 aromatic heterocycles. The van der Waals surface area contributed by atoms with E-state index in [2.05, 4.69) is 9.97 Å². The molecule has 1 rings (SSSR count). The standard InChI is InChI=1S/C12H19F3N4/c1-7(2)6-19(8(3)4)10-5-9(16)17-11(18-10)12(13,14)15/h5,7-8H,6H2,1-4H3,(H2,16,17,18). The fourth-order valence-corrected chi connectivity index (χ4v) is 1.69. The highest BCUT2D eigenvalue weighted by Gasteiger charge is 2.35. The molecule has 0 aliphatic heterocycles. The number of nitrogens with two attached hydrogens (primary N) is 1. The zero-order chi connectivity index (χ0) is 14.8. The first-order valence-electron chi connectivity index (χ1n) is 6.09. The van der Waals surface area contributed by atoms with E-state index in [9.17, 15) is 13.2 Å². The number of aromatic nitrogens is 2. The van der Waals surface area contributed by atoms with Gasteiger partial charge in [0.05, 0.1) is 0 Å². The number of hydrogen-bond acceptors (Lipinski definition) is 4. The summed E-state index contributed by atoms with van der Waals surface area (Å²) in [6, 6.07) is 1.40. The van der Waals surface area contributed by atoms with Gasteiger partial charge in [-0.1, -0.05) is 13.8 Å². The molecule has 0 aliphatic carbocycles. The number of nitrogens with zero attached hydrogens (tertiary/aromatic N) is 3. The van der Waals surface area contributed by atoms with E-state index in [1.165, 1.54) is 6.07 Å². The topological polar surface area (TPSA) is 55.0 Å². The first kappa shape index (κ1) is 15.5. The maximum absolute atomic E-state index is 12.7. The van der Waals surface area contributed by atoms with Crippen molar-refractivity contribution in [2.75, 3.05) is 17.2 Å². The zero-order valence-electron chi connectivity index (χ0n) is 11.5. The van der Waals surface area contributed by atoms with E-state index in [-0.39, 0.29) is 17.7 Å². The van der Waals surface area contributed by atoms with Crippen LogP contribution < -0.4 is 10.6 Å². The van der Waals surface area contributed by atoms with Gasteiger partial charge in [-0.05, 0) is 19.8 Å². The van der Waals surface area contributed by atoms with E-state index >= 15 is 0 Å². The molecule has 0 amide bonds. The van der Waals surface area contributed by atoms with Gasteiger partial charge in [0, 0.05) is 18.7 Å². The first-order valence-corrected chi connectivity index (χ1v) is 6.09. The van der Waals surface area contributed by atoms with Crippen molar-refractivity contribution in [1.82, 2.24) is 9.97 Å².